The van der Waals surface area contributed by atoms with Gasteiger partial charge in [-0.25, -0.2) is 4.99 Å². The Kier molecular flexibility index (Phi) is 11.9. The van der Waals surface area contributed by atoms with Gasteiger partial charge in [0.25, 0.3) is 5.91 Å². The normalized spacial score (nSPS) is 20.2. The molecule has 0 aromatic heterocycles. The second kappa shape index (κ2) is 13.3. The maximum absolute atomic E-state index is 12.2. The minimum Gasteiger partial charge on any atom is -0.357 e. The summed E-state index contributed by atoms with van der Waals surface area (Å²) in [6.45, 7) is 7.61. The lowest BCUT2D eigenvalue weighted by molar-refractivity contribution is 0.0939. The van der Waals surface area contributed by atoms with Gasteiger partial charge in [-0.15, -0.1) is 24.0 Å². The fourth-order valence-electron chi connectivity index (χ4n) is 3.14. The van der Waals surface area contributed by atoms with Gasteiger partial charge in [-0.05, 0) is 63.5 Å². The van der Waals surface area contributed by atoms with Crippen molar-refractivity contribution >= 4 is 47.6 Å². The smallest absolute Gasteiger partial charge is 0.251 e. The lowest BCUT2D eigenvalue weighted by Gasteiger charge is -2.17. The maximum Gasteiger partial charge on any atom is 0.251 e. The zero-order valence-electron chi connectivity index (χ0n) is 17.5. The molecule has 3 N–H and O–H groups in total. The lowest BCUT2D eigenvalue weighted by Crippen LogP contribution is -2.42. The lowest BCUT2D eigenvalue weighted by atomic mass is 10.1. The van der Waals surface area contributed by atoms with E-state index in [1.165, 1.54) is 19.3 Å². The molecule has 1 amide bonds. The van der Waals surface area contributed by atoms with Gasteiger partial charge < -0.3 is 16.0 Å². The van der Waals surface area contributed by atoms with Gasteiger partial charge in [0.1, 0.15) is 0 Å². The number of aliphatic imine (C=N–C) groups is 1. The number of hydrogen-bond donors (Lipinski definition) is 3. The zero-order chi connectivity index (χ0) is 19.6. The minimum atomic E-state index is -0.0148. The molecule has 0 bridgehead atoms. The molecule has 1 aliphatic carbocycles. The van der Waals surface area contributed by atoms with E-state index in [0.29, 0.717) is 18.2 Å². The molecule has 0 radical (unpaired) electrons. The van der Waals surface area contributed by atoms with Crippen molar-refractivity contribution in [2.45, 2.75) is 70.3 Å². The molecule has 158 valence electrons. The molecule has 1 aromatic carbocycles. The van der Waals surface area contributed by atoms with Crippen LogP contribution in [0.2, 0.25) is 0 Å². The van der Waals surface area contributed by atoms with E-state index >= 15 is 0 Å². The number of amides is 1. The standard InChI is InChI=1S/C21H34N4OS.HI/c1-5-15(3)24-20(26)17-9-7-16(8-10-17)14-23-21(22-6-2)25-18-11-12-19(13-18)27-4;/h7-10,15,18-19H,5-6,11-14H2,1-4H3,(H,24,26)(H2,22,23,25);1H. The quantitative estimate of drug-likeness (QED) is 0.275. The van der Waals surface area contributed by atoms with E-state index in [1.807, 2.05) is 43.0 Å². The molecule has 1 aliphatic rings. The first-order valence-electron chi connectivity index (χ1n) is 10.0. The predicted octanol–water partition coefficient (Wildman–Crippen LogP) is 4.17. The Bertz CT molecular complexity index is 623. The van der Waals surface area contributed by atoms with Crippen LogP contribution < -0.4 is 16.0 Å². The highest BCUT2D eigenvalue weighted by Gasteiger charge is 2.24. The molecule has 3 unspecified atom stereocenters. The van der Waals surface area contributed by atoms with E-state index in [9.17, 15) is 4.79 Å². The third-order valence-electron chi connectivity index (χ3n) is 5.03. The van der Waals surface area contributed by atoms with E-state index < -0.39 is 0 Å². The summed E-state index contributed by atoms with van der Waals surface area (Å²) < 4.78 is 0. The molecule has 1 fully saturated rings. The van der Waals surface area contributed by atoms with E-state index in [4.69, 9.17) is 4.99 Å². The molecule has 1 saturated carbocycles. The summed E-state index contributed by atoms with van der Waals surface area (Å²) in [4.78, 5) is 16.9. The Morgan fingerprint density at radius 3 is 2.54 bits per heavy atom. The summed E-state index contributed by atoms with van der Waals surface area (Å²) in [5, 5.41) is 10.7. The molecule has 0 spiro atoms. The molecular weight excluding hydrogens is 483 g/mol. The average molecular weight is 519 g/mol. The number of guanidine groups is 1. The molecule has 3 atom stereocenters. The second-order valence-electron chi connectivity index (χ2n) is 7.19. The van der Waals surface area contributed by atoms with E-state index in [2.05, 4.69) is 36.1 Å². The summed E-state index contributed by atoms with van der Waals surface area (Å²) in [6.07, 6.45) is 6.80. The first kappa shape index (κ1) is 25.1. The number of nitrogens with zero attached hydrogens (tertiary/aromatic N) is 1. The molecule has 0 heterocycles. The van der Waals surface area contributed by atoms with Crippen molar-refractivity contribution in [2.75, 3.05) is 12.8 Å². The summed E-state index contributed by atoms with van der Waals surface area (Å²) in [7, 11) is 0. The fourth-order valence-corrected chi connectivity index (χ4v) is 3.94. The SMILES string of the molecule is CCNC(=NCc1ccc(C(=O)NC(C)CC)cc1)NC1CCC(SC)C1.I. The first-order valence-corrected chi connectivity index (χ1v) is 11.3. The maximum atomic E-state index is 12.2. The van der Waals surface area contributed by atoms with E-state index in [1.54, 1.807) is 0 Å². The number of carbonyl (C=O) groups excluding carboxylic acids is 1. The fraction of sp³-hybridized carbons (Fsp3) is 0.619. The van der Waals surface area contributed by atoms with Crippen LogP contribution in [0.5, 0.6) is 0 Å². The van der Waals surface area contributed by atoms with Crippen molar-refractivity contribution in [2.24, 2.45) is 4.99 Å². The highest BCUT2D eigenvalue weighted by molar-refractivity contribution is 14.0. The molecule has 28 heavy (non-hydrogen) atoms. The van der Waals surface area contributed by atoms with Crippen LogP contribution in [-0.4, -0.2) is 42.0 Å². The van der Waals surface area contributed by atoms with Gasteiger partial charge in [0.15, 0.2) is 5.96 Å². The third kappa shape index (κ3) is 8.19. The summed E-state index contributed by atoms with van der Waals surface area (Å²) in [5.41, 5.74) is 1.79. The summed E-state index contributed by atoms with van der Waals surface area (Å²) in [5.74, 6) is 0.863. The number of thioether (sulfide) groups is 1. The largest absolute Gasteiger partial charge is 0.357 e. The van der Waals surface area contributed by atoms with E-state index in [0.717, 1.165) is 29.7 Å². The van der Waals surface area contributed by atoms with Gasteiger partial charge in [0, 0.05) is 29.4 Å². The van der Waals surface area contributed by atoms with Gasteiger partial charge >= 0.3 is 0 Å². The average Bonchev–Trinajstić information content (AvgIpc) is 3.14. The number of nitrogens with one attached hydrogen (secondary N) is 3. The van der Waals surface area contributed by atoms with Crippen molar-refractivity contribution < 1.29 is 4.79 Å². The van der Waals surface area contributed by atoms with Crippen molar-refractivity contribution in [3.05, 3.63) is 35.4 Å². The Morgan fingerprint density at radius 2 is 1.96 bits per heavy atom. The topological polar surface area (TPSA) is 65.5 Å². The summed E-state index contributed by atoms with van der Waals surface area (Å²) >= 11 is 1.96. The Hall–Kier alpha value is -0.960. The molecule has 1 aromatic rings. The van der Waals surface area contributed by atoms with Crippen LogP contribution >= 0.6 is 35.7 Å². The van der Waals surface area contributed by atoms with Crippen LogP contribution in [-0.2, 0) is 6.54 Å². The number of benzene rings is 1. The minimum absolute atomic E-state index is 0. The predicted molar refractivity (Wildman–Crippen MR) is 132 cm³/mol. The molecular formula is C21H35IN4OS. The van der Waals surface area contributed by atoms with Crippen molar-refractivity contribution in [1.82, 2.24) is 16.0 Å². The molecule has 0 aliphatic heterocycles. The second-order valence-corrected chi connectivity index (χ2v) is 8.32. The van der Waals surface area contributed by atoms with Crippen LogP contribution in [0.15, 0.2) is 29.3 Å². The van der Waals surface area contributed by atoms with Crippen LogP contribution in [0.25, 0.3) is 0 Å². The van der Waals surface area contributed by atoms with Crippen molar-refractivity contribution in [1.29, 1.82) is 0 Å². The summed E-state index contributed by atoms with van der Waals surface area (Å²) in [6, 6.07) is 8.42. The van der Waals surface area contributed by atoms with Gasteiger partial charge in [-0.3, -0.25) is 4.79 Å². The Balaban J connectivity index is 0.00000392. The van der Waals surface area contributed by atoms with Crippen molar-refractivity contribution in [3.8, 4) is 0 Å². The Morgan fingerprint density at radius 1 is 1.25 bits per heavy atom. The van der Waals surface area contributed by atoms with Crippen LogP contribution in [0, 0.1) is 0 Å². The number of halogens is 1. The van der Waals surface area contributed by atoms with Crippen molar-refractivity contribution in [3.63, 3.8) is 0 Å². The van der Waals surface area contributed by atoms with Gasteiger partial charge in [-0.1, -0.05) is 19.1 Å². The zero-order valence-corrected chi connectivity index (χ0v) is 20.6. The molecule has 2 rings (SSSR count). The highest BCUT2D eigenvalue weighted by Crippen LogP contribution is 2.28. The molecule has 7 heteroatoms. The monoisotopic (exact) mass is 518 g/mol. The van der Waals surface area contributed by atoms with Gasteiger partial charge in [0.2, 0.25) is 0 Å². The molecule has 0 saturated heterocycles. The Labute approximate surface area is 191 Å². The first-order chi connectivity index (χ1) is 13.0. The van der Waals surface area contributed by atoms with E-state index in [-0.39, 0.29) is 35.9 Å². The number of hydrogen-bond acceptors (Lipinski definition) is 3. The number of rotatable bonds is 8. The van der Waals surface area contributed by atoms with Gasteiger partial charge in [-0.2, -0.15) is 11.8 Å². The highest BCUT2D eigenvalue weighted by atomic mass is 127. The van der Waals surface area contributed by atoms with Crippen LogP contribution in [0.3, 0.4) is 0 Å². The number of carbonyl (C=O) groups is 1. The van der Waals surface area contributed by atoms with Gasteiger partial charge in [0.05, 0.1) is 6.54 Å². The molecule has 5 nitrogen and oxygen atoms in total. The van der Waals surface area contributed by atoms with Crippen LogP contribution in [0.4, 0.5) is 0 Å². The van der Waals surface area contributed by atoms with Crippen LogP contribution in [0.1, 0.15) is 62.4 Å². The third-order valence-corrected chi connectivity index (χ3v) is 6.12.